The highest BCUT2D eigenvalue weighted by Gasteiger charge is 2.20. The molecule has 1 N–H and O–H groups in total. The number of hydrogen-bond acceptors (Lipinski definition) is 4. The highest BCUT2D eigenvalue weighted by molar-refractivity contribution is 7.92. The molecule has 0 saturated carbocycles. The Labute approximate surface area is 97.3 Å². The highest BCUT2D eigenvalue weighted by Crippen LogP contribution is 2.17. The number of hydrogen-bond donors (Lipinski definition) is 1. The predicted molar refractivity (Wildman–Crippen MR) is 58.4 cm³/mol. The normalized spacial score (nSPS) is 11.4. The summed E-state index contributed by atoms with van der Waals surface area (Å²) in [5.74, 6) is -0.830. The lowest BCUT2D eigenvalue weighted by molar-refractivity contribution is 0.559. The first-order valence-electron chi connectivity index (χ1n) is 4.68. The third-order valence-corrected chi connectivity index (χ3v) is 3.32. The standard InChI is InChI=1S/C10H9FN2O3S/c1-7-6-16-10(12-7)13-17(14,15)9-5-3-2-4-8(9)11/h2-6H,1H3,(H,12,13). The molecule has 2 aromatic rings. The maximum Gasteiger partial charge on any atom is 0.309 e. The van der Waals surface area contributed by atoms with E-state index in [9.17, 15) is 12.8 Å². The van der Waals surface area contributed by atoms with E-state index in [1.807, 2.05) is 0 Å². The van der Waals surface area contributed by atoms with E-state index in [2.05, 4.69) is 9.71 Å². The lowest BCUT2D eigenvalue weighted by Crippen LogP contribution is -2.14. The van der Waals surface area contributed by atoms with Gasteiger partial charge in [-0.05, 0) is 19.1 Å². The van der Waals surface area contributed by atoms with E-state index in [0.29, 0.717) is 5.69 Å². The number of oxazole rings is 1. The zero-order valence-corrected chi connectivity index (χ0v) is 9.66. The SMILES string of the molecule is Cc1coc(NS(=O)(=O)c2ccccc2F)n1. The molecule has 0 atom stereocenters. The van der Waals surface area contributed by atoms with Gasteiger partial charge in [0.15, 0.2) is 0 Å². The monoisotopic (exact) mass is 256 g/mol. The second-order valence-corrected chi connectivity index (χ2v) is 4.98. The van der Waals surface area contributed by atoms with Crippen LogP contribution >= 0.6 is 0 Å². The van der Waals surface area contributed by atoms with E-state index in [1.165, 1.54) is 18.4 Å². The summed E-state index contributed by atoms with van der Waals surface area (Å²) < 4.78 is 43.8. The van der Waals surface area contributed by atoms with Gasteiger partial charge in [0.1, 0.15) is 17.0 Å². The number of nitrogens with zero attached hydrogens (tertiary/aromatic N) is 1. The number of benzene rings is 1. The van der Waals surface area contributed by atoms with Gasteiger partial charge in [0, 0.05) is 0 Å². The number of nitrogens with one attached hydrogen (secondary N) is 1. The summed E-state index contributed by atoms with van der Waals surface area (Å²) in [5.41, 5.74) is 0.524. The van der Waals surface area contributed by atoms with Gasteiger partial charge in [-0.3, -0.25) is 0 Å². The van der Waals surface area contributed by atoms with Gasteiger partial charge in [-0.2, -0.15) is 4.98 Å². The fraction of sp³-hybridized carbons (Fsp3) is 0.100. The molecule has 1 aromatic heterocycles. The van der Waals surface area contributed by atoms with E-state index in [4.69, 9.17) is 4.42 Å². The van der Waals surface area contributed by atoms with Crippen LogP contribution in [-0.2, 0) is 10.0 Å². The molecule has 17 heavy (non-hydrogen) atoms. The van der Waals surface area contributed by atoms with Crippen molar-refractivity contribution < 1.29 is 17.2 Å². The first-order chi connectivity index (χ1) is 7.99. The van der Waals surface area contributed by atoms with Crippen LogP contribution in [0.5, 0.6) is 0 Å². The molecule has 0 radical (unpaired) electrons. The second-order valence-electron chi connectivity index (χ2n) is 3.33. The average molecular weight is 256 g/mol. The third-order valence-electron chi connectivity index (χ3n) is 1.97. The molecule has 0 aliphatic carbocycles. The van der Waals surface area contributed by atoms with Gasteiger partial charge in [0.25, 0.3) is 10.0 Å². The summed E-state index contributed by atoms with van der Waals surface area (Å²) in [5, 5.41) is 0. The number of aromatic nitrogens is 1. The zero-order valence-electron chi connectivity index (χ0n) is 8.84. The molecule has 1 heterocycles. The van der Waals surface area contributed by atoms with Gasteiger partial charge < -0.3 is 4.42 Å². The third kappa shape index (κ3) is 2.44. The van der Waals surface area contributed by atoms with E-state index in [1.54, 1.807) is 6.92 Å². The van der Waals surface area contributed by atoms with Crippen molar-refractivity contribution in [3.63, 3.8) is 0 Å². The summed E-state index contributed by atoms with van der Waals surface area (Å²) in [6, 6.07) is 4.87. The van der Waals surface area contributed by atoms with E-state index in [-0.39, 0.29) is 6.01 Å². The van der Waals surface area contributed by atoms with Crippen LogP contribution in [0.3, 0.4) is 0 Å². The molecule has 0 spiro atoms. The number of sulfonamides is 1. The van der Waals surface area contributed by atoms with Crippen LogP contribution < -0.4 is 4.72 Å². The molecule has 1 aromatic carbocycles. The second kappa shape index (κ2) is 4.17. The Balaban J connectivity index is 2.35. The number of anilines is 1. The summed E-state index contributed by atoms with van der Waals surface area (Å²) >= 11 is 0. The maximum absolute atomic E-state index is 13.3. The molecule has 0 fully saturated rings. The molecule has 0 aliphatic heterocycles. The first kappa shape index (κ1) is 11.6. The fourth-order valence-corrected chi connectivity index (χ4v) is 2.25. The number of rotatable bonds is 3. The van der Waals surface area contributed by atoms with Crippen LogP contribution in [0.25, 0.3) is 0 Å². The predicted octanol–water partition coefficient (Wildman–Crippen LogP) is 1.92. The smallest absolute Gasteiger partial charge is 0.309 e. The molecule has 5 nitrogen and oxygen atoms in total. The summed E-state index contributed by atoms with van der Waals surface area (Å²) in [6.07, 6.45) is 1.29. The Morgan fingerprint density at radius 1 is 1.35 bits per heavy atom. The van der Waals surface area contributed by atoms with Gasteiger partial charge in [-0.25, -0.2) is 17.5 Å². The molecule has 0 unspecified atom stereocenters. The van der Waals surface area contributed by atoms with Crippen LogP contribution in [0.2, 0.25) is 0 Å². The zero-order chi connectivity index (χ0) is 12.5. The highest BCUT2D eigenvalue weighted by atomic mass is 32.2. The lowest BCUT2D eigenvalue weighted by Gasteiger charge is -2.04. The largest absolute Gasteiger partial charge is 0.431 e. The van der Waals surface area contributed by atoms with Crippen molar-refractivity contribution in [3.05, 3.63) is 42.0 Å². The van der Waals surface area contributed by atoms with Crippen LogP contribution in [0.4, 0.5) is 10.4 Å². The molecule has 0 amide bonds. The van der Waals surface area contributed by atoms with Crippen molar-refractivity contribution >= 4 is 16.0 Å². The molecule has 0 bridgehead atoms. The Hall–Kier alpha value is -1.89. The molecule has 90 valence electrons. The minimum Gasteiger partial charge on any atom is -0.431 e. The number of halogens is 1. The van der Waals surface area contributed by atoms with Crippen LogP contribution in [0.15, 0.2) is 39.8 Å². The Bertz CT molecular complexity index is 637. The average Bonchev–Trinajstić information content (AvgIpc) is 2.63. The summed E-state index contributed by atoms with van der Waals surface area (Å²) in [6.45, 7) is 1.64. The van der Waals surface area contributed by atoms with Crippen LogP contribution in [0, 0.1) is 12.7 Å². The van der Waals surface area contributed by atoms with E-state index >= 15 is 0 Å². The van der Waals surface area contributed by atoms with E-state index in [0.717, 1.165) is 12.1 Å². The molecule has 0 aliphatic rings. The summed E-state index contributed by atoms with van der Waals surface area (Å²) in [7, 11) is -4.01. The maximum atomic E-state index is 13.3. The fourth-order valence-electron chi connectivity index (χ4n) is 1.23. The van der Waals surface area contributed by atoms with Crippen LogP contribution in [0.1, 0.15) is 5.69 Å². The van der Waals surface area contributed by atoms with Crippen molar-refractivity contribution in [1.82, 2.24) is 4.98 Å². The van der Waals surface area contributed by atoms with Crippen molar-refractivity contribution in [1.29, 1.82) is 0 Å². The van der Waals surface area contributed by atoms with Crippen molar-refractivity contribution in [2.45, 2.75) is 11.8 Å². The van der Waals surface area contributed by atoms with Gasteiger partial charge in [0.2, 0.25) is 0 Å². The van der Waals surface area contributed by atoms with E-state index < -0.39 is 20.7 Å². The van der Waals surface area contributed by atoms with Crippen molar-refractivity contribution in [3.8, 4) is 0 Å². The van der Waals surface area contributed by atoms with Crippen LogP contribution in [-0.4, -0.2) is 13.4 Å². The van der Waals surface area contributed by atoms with Crippen molar-refractivity contribution in [2.75, 3.05) is 4.72 Å². The minimum atomic E-state index is -4.01. The van der Waals surface area contributed by atoms with Crippen molar-refractivity contribution in [2.24, 2.45) is 0 Å². The quantitative estimate of drug-likeness (QED) is 0.910. The van der Waals surface area contributed by atoms with Gasteiger partial charge in [0.05, 0.1) is 5.69 Å². The molecule has 2 rings (SSSR count). The topological polar surface area (TPSA) is 72.2 Å². The molecule has 0 saturated heterocycles. The van der Waals surface area contributed by atoms with Gasteiger partial charge in [-0.15, -0.1) is 0 Å². The Morgan fingerprint density at radius 2 is 2.06 bits per heavy atom. The Kier molecular flexibility index (Phi) is 2.84. The van der Waals surface area contributed by atoms with Gasteiger partial charge >= 0.3 is 6.01 Å². The first-order valence-corrected chi connectivity index (χ1v) is 6.17. The summed E-state index contributed by atoms with van der Waals surface area (Å²) in [4.78, 5) is 3.32. The van der Waals surface area contributed by atoms with Gasteiger partial charge in [-0.1, -0.05) is 12.1 Å². The molecule has 7 heteroatoms. The minimum absolute atomic E-state index is 0.189. The lowest BCUT2D eigenvalue weighted by atomic mass is 10.4. The Morgan fingerprint density at radius 3 is 2.65 bits per heavy atom. The molecular weight excluding hydrogens is 247 g/mol. The number of aryl methyl sites for hydroxylation is 1. The molecular formula is C10H9FN2O3S.